The van der Waals surface area contributed by atoms with E-state index < -0.39 is 31.1 Å². The van der Waals surface area contributed by atoms with Crippen LogP contribution in [-0.2, 0) is 14.3 Å². The lowest BCUT2D eigenvalue weighted by molar-refractivity contribution is -0.143. The summed E-state index contributed by atoms with van der Waals surface area (Å²) >= 11 is 0. The van der Waals surface area contributed by atoms with Crippen LogP contribution < -0.4 is 10.6 Å². The molecule has 0 aliphatic heterocycles. The van der Waals surface area contributed by atoms with Crippen molar-refractivity contribution in [3.8, 4) is 0 Å². The maximum atomic E-state index is 11.3. The Bertz CT molecular complexity index is 340. The van der Waals surface area contributed by atoms with Crippen molar-refractivity contribution < 1.29 is 24.2 Å². The predicted molar refractivity (Wildman–Crippen MR) is 57.3 cm³/mol. The van der Waals surface area contributed by atoms with Crippen LogP contribution in [0.15, 0.2) is 0 Å². The number of urea groups is 1. The fourth-order valence-electron chi connectivity index (χ4n) is 1.30. The zero-order valence-electron chi connectivity index (χ0n) is 9.78. The van der Waals surface area contributed by atoms with Gasteiger partial charge in [-0.05, 0) is 11.8 Å². The van der Waals surface area contributed by atoms with Gasteiger partial charge in [-0.25, -0.2) is 9.59 Å². The van der Waals surface area contributed by atoms with Crippen LogP contribution >= 0.6 is 0 Å². The average molecular weight is 244 g/mol. The van der Waals surface area contributed by atoms with Gasteiger partial charge in [0, 0.05) is 6.04 Å². The highest BCUT2D eigenvalue weighted by Gasteiger charge is 2.46. The number of hydrogen-bond acceptors (Lipinski definition) is 4. The van der Waals surface area contributed by atoms with Gasteiger partial charge >= 0.3 is 12.0 Å². The molecule has 3 N–H and O–H groups in total. The molecule has 0 aromatic carbocycles. The van der Waals surface area contributed by atoms with Gasteiger partial charge in [0.2, 0.25) is 0 Å². The van der Waals surface area contributed by atoms with Crippen molar-refractivity contribution >= 4 is 17.9 Å². The van der Waals surface area contributed by atoms with Gasteiger partial charge in [0.1, 0.15) is 13.2 Å². The third-order valence-corrected chi connectivity index (χ3v) is 2.53. The van der Waals surface area contributed by atoms with E-state index in [1.165, 1.54) is 0 Å². The number of rotatable bonds is 5. The number of carboxylic acid groups (broad SMARTS) is 1. The van der Waals surface area contributed by atoms with E-state index in [4.69, 9.17) is 5.11 Å². The van der Waals surface area contributed by atoms with Crippen LogP contribution in [-0.4, -0.2) is 42.3 Å². The number of aliphatic carboxylic acids is 1. The Morgan fingerprint density at radius 1 is 1.35 bits per heavy atom. The van der Waals surface area contributed by atoms with E-state index in [9.17, 15) is 14.4 Å². The van der Waals surface area contributed by atoms with Crippen molar-refractivity contribution in [3.05, 3.63) is 0 Å². The molecule has 1 fully saturated rings. The first kappa shape index (κ1) is 13.4. The SMILES string of the molecule is CC1(C)CC1NC(=O)NC(=O)COCC(=O)O. The monoisotopic (exact) mass is 244 g/mol. The van der Waals surface area contributed by atoms with Crippen molar-refractivity contribution in [1.29, 1.82) is 0 Å². The Morgan fingerprint density at radius 3 is 2.41 bits per heavy atom. The fraction of sp³-hybridized carbons (Fsp3) is 0.700. The summed E-state index contributed by atoms with van der Waals surface area (Å²) < 4.78 is 4.53. The van der Waals surface area contributed by atoms with E-state index in [1.807, 2.05) is 13.8 Å². The lowest BCUT2D eigenvalue weighted by Crippen LogP contribution is -2.43. The average Bonchev–Trinajstić information content (AvgIpc) is 2.71. The summed E-state index contributed by atoms with van der Waals surface area (Å²) in [7, 11) is 0. The van der Waals surface area contributed by atoms with Crippen LogP contribution in [0.5, 0.6) is 0 Å². The summed E-state index contributed by atoms with van der Waals surface area (Å²) in [5.41, 5.74) is 0.0835. The molecule has 0 spiro atoms. The van der Waals surface area contributed by atoms with Crippen LogP contribution in [0.3, 0.4) is 0 Å². The number of carbonyl (C=O) groups is 3. The van der Waals surface area contributed by atoms with Crippen molar-refractivity contribution in [2.75, 3.05) is 13.2 Å². The minimum Gasteiger partial charge on any atom is -0.480 e. The molecule has 0 saturated heterocycles. The van der Waals surface area contributed by atoms with Gasteiger partial charge in [-0.2, -0.15) is 0 Å². The van der Waals surface area contributed by atoms with E-state index in [0.717, 1.165) is 6.42 Å². The van der Waals surface area contributed by atoms with Crippen LogP contribution in [0.4, 0.5) is 4.79 Å². The Morgan fingerprint density at radius 2 is 1.94 bits per heavy atom. The lowest BCUT2D eigenvalue weighted by atomic mass is 10.2. The molecule has 1 atom stereocenters. The van der Waals surface area contributed by atoms with Crippen molar-refractivity contribution in [1.82, 2.24) is 10.6 Å². The normalized spacial score (nSPS) is 20.5. The number of ether oxygens (including phenoxy) is 1. The molecule has 1 aliphatic carbocycles. The largest absolute Gasteiger partial charge is 0.480 e. The molecule has 3 amide bonds. The summed E-state index contributed by atoms with van der Waals surface area (Å²) in [5.74, 6) is -1.83. The molecule has 0 aromatic heterocycles. The van der Waals surface area contributed by atoms with E-state index in [1.54, 1.807) is 0 Å². The van der Waals surface area contributed by atoms with Gasteiger partial charge in [-0.1, -0.05) is 13.8 Å². The number of nitrogens with one attached hydrogen (secondary N) is 2. The summed E-state index contributed by atoms with van der Waals surface area (Å²) in [5, 5.41) is 12.9. The lowest BCUT2D eigenvalue weighted by Gasteiger charge is -2.07. The molecule has 1 saturated carbocycles. The topological polar surface area (TPSA) is 105 Å². The summed E-state index contributed by atoms with van der Waals surface area (Å²) in [6.45, 7) is 3.00. The molecular formula is C10H16N2O5. The highest BCUT2D eigenvalue weighted by molar-refractivity contribution is 5.95. The van der Waals surface area contributed by atoms with E-state index >= 15 is 0 Å². The van der Waals surface area contributed by atoms with Crippen LogP contribution in [0.25, 0.3) is 0 Å². The standard InChI is InChI=1S/C10H16N2O5/c1-10(2)3-6(10)11-9(16)12-7(13)4-17-5-8(14)15/h6H,3-5H2,1-2H3,(H,14,15)(H2,11,12,13,16). The van der Waals surface area contributed by atoms with Gasteiger partial charge in [-0.15, -0.1) is 0 Å². The van der Waals surface area contributed by atoms with Crippen LogP contribution in [0.1, 0.15) is 20.3 Å². The molecule has 17 heavy (non-hydrogen) atoms. The van der Waals surface area contributed by atoms with Gasteiger partial charge in [0.05, 0.1) is 0 Å². The second kappa shape index (κ2) is 5.13. The summed E-state index contributed by atoms with van der Waals surface area (Å²) in [6.07, 6.45) is 0.879. The molecule has 0 radical (unpaired) electrons. The molecule has 1 aliphatic rings. The van der Waals surface area contributed by atoms with Gasteiger partial charge < -0.3 is 15.2 Å². The van der Waals surface area contributed by atoms with Crippen LogP contribution in [0.2, 0.25) is 0 Å². The van der Waals surface area contributed by atoms with E-state index in [-0.39, 0.29) is 11.5 Å². The number of carbonyl (C=O) groups excluding carboxylic acids is 2. The molecule has 1 unspecified atom stereocenters. The summed E-state index contributed by atoms with van der Waals surface area (Å²) in [6, 6.07) is -0.500. The van der Waals surface area contributed by atoms with Crippen molar-refractivity contribution in [2.45, 2.75) is 26.3 Å². The predicted octanol–water partition coefficient (Wildman–Crippen LogP) is -0.288. The molecule has 7 nitrogen and oxygen atoms in total. The van der Waals surface area contributed by atoms with Crippen molar-refractivity contribution in [3.63, 3.8) is 0 Å². The molecule has 0 aromatic rings. The molecule has 96 valence electrons. The Labute approximate surface area is 98.5 Å². The van der Waals surface area contributed by atoms with Gasteiger partial charge in [-0.3, -0.25) is 10.1 Å². The Balaban J connectivity index is 2.14. The van der Waals surface area contributed by atoms with Crippen molar-refractivity contribution in [2.24, 2.45) is 5.41 Å². The Kier molecular flexibility index (Phi) is 4.06. The highest BCUT2D eigenvalue weighted by atomic mass is 16.5. The van der Waals surface area contributed by atoms with Crippen LogP contribution in [0, 0.1) is 5.41 Å². The quantitative estimate of drug-likeness (QED) is 0.616. The van der Waals surface area contributed by atoms with E-state index in [2.05, 4.69) is 15.4 Å². The zero-order chi connectivity index (χ0) is 13.1. The highest BCUT2D eigenvalue weighted by Crippen LogP contribution is 2.44. The second-order valence-corrected chi connectivity index (χ2v) is 4.65. The molecular weight excluding hydrogens is 228 g/mol. The number of imide groups is 1. The number of amides is 3. The minimum atomic E-state index is -1.16. The smallest absolute Gasteiger partial charge is 0.329 e. The molecule has 1 rings (SSSR count). The third kappa shape index (κ3) is 4.81. The van der Waals surface area contributed by atoms with Gasteiger partial charge in [0.15, 0.2) is 0 Å². The number of carboxylic acids is 1. The zero-order valence-corrected chi connectivity index (χ0v) is 9.78. The minimum absolute atomic E-state index is 0.0789. The summed E-state index contributed by atoms with van der Waals surface area (Å²) in [4.78, 5) is 32.5. The first-order chi connectivity index (χ1) is 7.81. The van der Waals surface area contributed by atoms with E-state index in [0.29, 0.717) is 0 Å². The molecule has 0 bridgehead atoms. The number of hydrogen-bond donors (Lipinski definition) is 3. The maximum absolute atomic E-state index is 11.3. The Hall–Kier alpha value is -1.63. The first-order valence-electron chi connectivity index (χ1n) is 5.21. The fourth-order valence-corrected chi connectivity index (χ4v) is 1.30. The third-order valence-electron chi connectivity index (χ3n) is 2.53. The van der Waals surface area contributed by atoms with Gasteiger partial charge in [0.25, 0.3) is 5.91 Å². The molecule has 7 heteroatoms. The molecule has 0 heterocycles. The maximum Gasteiger partial charge on any atom is 0.329 e. The first-order valence-corrected chi connectivity index (χ1v) is 5.21. The second-order valence-electron chi connectivity index (χ2n) is 4.65.